The molecule has 0 aliphatic heterocycles. The van der Waals surface area contributed by atoms with Crippen LogP contribution in [0.5, 0.6) is 0 Å². The fraction of sp³-hybridized carbons (Fsp3) is 0.400. The number of imidazole rings is 1. The standard InChI is InChI=1S/C10H10BrF3N4O/c11-7-5-18-3-1-16-9(18)8(17-7)15-2-4-19-6-10(12,13)14/h1,3,5H,2,4,6H2,(H,15,17). The molecule has 0 saturated heterocycles. The third-order valence-corrected chi connectivity index (χ3v) is 2.53. The van der Waals surface area contributed by atoms with Gasteiger partial charge in [-0.15, -0.1) is 0 Å². The topological polar surface area (TPSA) is 51.5 Å². The number of hydrogen-bond donors (Lipinski definition) is 1. The highest BCUT2D eigenvalue weighted by Gasteiger charge is 2.27. The second kappa shape index (κ2) is 5.74. The Morgan fingerprint density at radius 3 is 2.95 bits per heavy atom. The number of nitrogens with zero attached hydrogens (tertiary/aromatic N) is 3. The van der Waals surface area contributed by atoms with Gasteiger partial charge in [-0.25, -0.2) is 9.97 Å². The molecule has 0 fully saturated rings. The van der Waals surface area contributed by atoms with E-state index >= 15 is 0 Å². The molecule has 2 aromatic heterocycles. The first-order chi connectivity index (χ1) is 8.96. The second-order valence-corrected chi connectivity index (χ2v) is 4.48. The molecule has 1 N–H and O–H groups in total. The summed E-state index contributed by atoms with van der Waals surface area (Å²) in [5.41, 5.74) is 0.596. The van der Waals surface area contributed by atoms with Gasteiger partial charge in [-0.2, -0.15) is 13.2 Å². The van der Waals surface area contributed by atoms with E-state index in [4.69, 9.17) is 0 Å². The van der Waals surface area contributed by atoms with E-state index in [1.165, 1.54) is 0 Å². The van der Waals surface area contributed by atoms with Crippen LogP contribution in [0.4, 0.5) is 19.0 Å². The van der Waals surface area contributed by atoms with Crippen molar-refractivity contribution in [2.75, 3.05) is 25.1 Å². The van der Waals surface area contributed by atoms with E-state index < -0.39 is 12.8 Å². The summed E-state index contributed by atoms with van der Waals surface area (Å²) in [6.07, 6.45) is 0.778. The van der Waals surface area contributed by atoms with Crippen molar-refractivity contribution in [1.29, 1.82) is 0 Å². The summed E-state index contributed by atoms with van der Waals surface area (Å²) in [4.78, 5) is 8.26. The molecule has 104 valence electrons. The van der Waals surface area contributed by atoms with Gasteiger partial charge in [0, 0.05) is 25.1 Å². The monoisotopic (exact) mass is 338 g/mol. The molecule has 0 aromatic carbocycles. The fourth-order valence-electron chi connectivity index (χ4n) is 1.45. The molecule has 0 radical (unpaired) electrons. The molecule has 0 aliphatic rings. The Labute approximate surface area is 114 Å². The maximum Gasteiger partial charge on any atom is 0.411 e. The smallest absolute Gasteiger partial charge is 0.370 e. The summed E-state index contributed by atoms with van der Waals surface area (Å²) in [7, 11) is 0. The zero-order valence-corrected chi connectivity index (χ0v) is 11.2. The number of fused-ring (bicyclic) bond motifs is 1. The largest absolute Gasteiger partial charge is 0.411 e. The molecule has 0 aliphatic carbocycles. The van der Waals surface area contributed by atoms with Crippen molar-refractivity contribution >= 4 is 27.4 Å². The first kappa shape index (κ1) is 14.1. The molecule has 0 amide bonds. The molecule has 2 aromatic rings. The number of alkyl halides is 3. The molecule has 0 unspecified atom stereocenters. The van der Waals surface area contributed by atoms with Crippen LogP contribution in [-0.4, -0.2) is 40.3 Å². The van der Waals surface area contributed by atoms with Crippen LogP contribution < -0.4 is 5.32 Å². The predicted molar refractivity (Wildman–Crippen MR) is 66.1 cm³/mol. The van der Waals surface area contributed by atoms with Crippen molar-refractivity contribution in [1.82, 2.24) is 14.4 Å². The Bertz CT molecular complexity index is 557. The van der Waals surface area contributed by atoms with Crippen LogP contribution in [0.15, 0.2) is 23.2 Å². The molecule has 19 heavy (non-hydrogen) atoms. The third kappa shape index (κ3) is 4.06. The normalized spacial score (nSPS) is 12.0. The van der Waals surface area contributed by atoms with E-state index in [-0.39, 0.29) is 13.2 Å². The van der Waals surface area contributed by atoms with E-state index in [0.717, 1.165) is 0 Å². The highest BCUT2D eigenvalue weighted by Crippen LogP contribution is 2.17. The lowest BCUT2D eigenvalue weighted by molar-refractivity contribution is -0.172. The minimum absolute atomic E-state index is 0.0689. The van der Waals surface area contributed by atoms with E-state index in [2.05, 4.69) is 36.0 Å². The Hall–Kier alpha value is -1.35. The third-order valence-electron chi connectivity index (χ3n) is 2.15. The molecule has 2 rings (SSSR count). The van der Waals surface area contributed by atoms with Gasteiger partial charge in [-0.05, 0) is 15.9 Å². The highest BCUT2D eigenvalue weighted by atomic mass is 79.9. The minimum Gasteiger partial charge on any atom is -0.370 e. The number of hydrogen-bond acceptors (Lipinski definition) is 4. The average molecular weight is 339 g/mol. The Balaban J connectivity index is 1.89. The molecule has 0 spiro atoms. The summed E-state index contributed by atoms with van der Waals surface area (Å²) < 4.78 is 42.4. The van der Waals surface area contributed by atoms with Crippen molar-refractivity contribution in [3.05, 3.63) is 23.2 Å². The van der Waals surface area contributed by atoms with Crippen LogP contribution in [0, 0.1) is 0 Å². The van der Waals surface area contributed by atoms with Gasteiger partial charge in [0.05, 0.1) is 6.61 Å². The Kier molecular flexibility index (Phi) is 4.25. The molecule has 0 atom stereocenters. The lowest BCUT2D eigenvalue weighted by Gasteiger charge is -2.09. The van der Waals surface area contributed by atoms with E-state index in [1.54, 1.807) is 23.0 Å². The van der Waals surface area contributed by atoms with Gasteiger partial charge in [0.15, 0.2) is 11.5 Å². The summed E-state index contributed by atoms with van der Waals surface area (Å²) in [6, 6.07) is 0. The van der Waals surface area contributed by atoms with Crippen LogP contribution in [0.3, 0.4) is 0 Å². The number of aromatic nitrogens is 3. The zero-order chi connectivity index (χ0) is 13.9. The first-order valence-corrected chi connectivity index (χ1v) is 6.12. The molecular formula is C10H10BrF3N4O. The fourth-order valence-corrected chi connectivity index (χ4v) is 1.85. The van der Waals surface area contributed by atoms with Crippen LogP contribution >= 0.6 is 15.9 Å². The molecule has 9 heteroatoms. The summed E-state index contributed by atoms with van der Waals surface area (Å²) >= 11 is 3.24. The van der Waals surface area contributed by atoms with E-state index in [9.17, 15) is 13.2 Å². The maximum absolute atomic E-state index is 11.8. The van der Waals surface area contributed by atoms with Gasteiger partial charge in [-0.3, -0.25) is 0 Å². The van der Waals surface area contributed by atoms with Gasteiger partial charge in [-0.1, -0.05) is 0 Å². The Morgan fingerprint density at radius 2 is 2.21 bits per heavy atom. The molecule has 0 saturated carbocycles. The second-order valence-electron chi connectivity index (χ2n) is 3.66. The average Bonchev–Trinajstić information content (AvgIpc) is 2.74. The molecule has 2 heterocycles. The van der Waals surface area contributed by atoms with Gasteiger partial charge in [0.25, 0.3) is 0 Å². The number of halogens is 4. The van der Waals surface area contributed by atoms with E-state index in [1.807, 2.05) is 0 Å². The summed E-state index contributed by atoms with van der Waals surface area (Å²) in [5, 5.41) is 2.88. The van der Waals surface area contributed by atoms with Gasteiger partial charge in [0.2, 0.25) is 0 Å². The van der Waals surface area contributed by atoms with Crippen molar-refractivity contribution in [2.24, 2.45) is 0 Å². The number of rotatable bonds is 5. The highest BCUT2D eigenvalue weighted by molar-refractivity contribution is 9.10. The number of ether oxygens (including phenoxy) is 1. The quantitative estimate of drug-likeness (QED) is 0.851. The Morgan fingerprint density at radius 1 is 1.42 bits per heavy atom. The lowest BCUT2D eigenvalue weighted by atomic mass is 10.5. The van der Waals surface area contributed by atoms with Gasteiger partial charge >= 0.3 is 6.18 Å². The lowest BCUT2D eigenvalue weighted by Crippen LogP contribution is -2.20. The van der Waals surface area contributed by atoms with Crippen LogP contribution in [0.2, 0.25) is 0 Å². The predicted octanol–water partition coefficient (Wildman–Crippen LogP) is 2.48. The molecule has 0 bridgehead atoms. The van der Waals surface area contributed by atoms with E-state index in [0.29, 0.717) is 16.1 Å². The SMILES string of the molecule is FC(F)(F)COCCNc1nc(Br)cn2ccnc12. The van der Waals surface area contributed by atoms with Crippen molar-refractivity contribution in [3.8, 4) is 0 Å². The van der Waals surface area contributed by atoms with Crippen molar-refractivity contribution < 1.29 is 17.9 Å². The molecule has 5 nitrogen and oxygen atoms in total. The van der Waals surface area contributed by atoms with Crippen LogP contribution in [-0.2, 0) is 4.74 Å². The molecular weight excluding hydrogens is 329 g/mol. The van der Waals surface area contributed by atoms with Crippen LogP contribution in [0.1, 0.15) is 0 Å². The maximum atomic E-state index is 11.8. The summed E-state index contributed by atoms with van der Waals surface area (Å²) in [5.74, 6) is 0.481. The van der Waals surface area contributed by atoms with Crippen molar-refractivity contribution in [3.63, 3.8) is 0 Å². The number of anilines is 1. The van der Waals surface area contributed by atoms with Gasteiger partial charge in [0.1, 0.15) is 11.2 Å². The summed E-state index contributed by atoms with van der Waals surface area (Å²) in [6.45, 7) is -1.11. The van der Waals surface area contributed by atoms with Crippen LogP contribution in [0.25, 0.3) is 5.65 Å². The first-order valence-electron chi connectivity index (χ1n) is 5.33. The van der Waals surface area contributed by atoms with Crippen molar-refractivity contribution in [2.45, 2.75) is 6.18 Å². The minimum atomic E-state index is -4.30. The van der Waals surface area contributed by atoms with Gasteiger partial charge < -0.3 is 14.5 Å². The zero-order valence-electron chi connectivity index (χ0n) is 9.62. The number of nitrogens with one attached hydrogen (secondary N) is 1.